The van der Waals surface area contributed by atoms with Crippen molar-refractivity contribution in [3.05, 3.63) is 64.7 Å². The quantitative estimate of drug-likeness (QED) is 0.597. The van der Waals surface area contributed by atoms with Crippen LogP contribution in [-0.4, -0.2) is 66.5 Å². The van der Waals surface area contributed by atoms with Crippen molar-refractivity contribution in [2.45, 2.75) is 25.1 Å². The maximum absolute atomic E-state index is 13.0. The Labute approximate surface area is 190 Å². The Morgan fingerprint density at radius 3 is 2.34 bits per heavy atom. The molecule has 0 bridgehead atoms. The summed E-state index contributed by atoms with van der Waals surface area (Å²) in [4.78, 5) is 21.0. The highest BCUT2D eigenvalue weighted by Gasteiger charge is 2.35. The lowest BCUT2D eigenvalue weighted by Gasteiger charge is -2.20. The second kappa shape index (κ2) is 9.83. The molecule has 0 spiro atoms. The minimum absolute atomic E-state index is 0.0493. The predicted molar refractivity (Wildman–Crippen MR) is 120 cm³/mol. The molecule has 170 valence electrons. The smallest absolute Gasteiger partial charge is 0.337 e. The van der Waals surface area contributed by atoms with Crippen LogP contribution in [-0.2, 0) is 0 Å². The maximum Gasteiger partial charge on any atom is 0.429 e. The van der Waals surface area contributed by atoms with Crippen molar-refractivity contribution in [1.29, 1.82) is 5.41 Å². The molecule has 1 fully saturated rings. The van der Waals surface area contributed by atoms with Crippen LogP contribution in [0.1, 0.15) is 28.8 Å². The summed E-state index contributed by atoms with van der Waals surface area (Å²) in [6.45, 7) is 1.29. The number of amides is 1. The van der Waals surface area contributed by atoms with Crippen molar-refractivity contribution in [2.75, 3.05) is 27.2 Å². The number of likely N-dealkylation sites (tertiary alicyclic amines) is 1. The largest absolute Gasteiger partial charge is 0.429 e. The number of benzene rings is 2. The van der Waals surface area contributed by atoms with Gasteiger partial charge >= 0.3 is 6.18 Å². The molecule has 0 radical (unpaired) electrons. The molecule has 0 saturated carbocycles. The van der Waals surface area contributed by atoms with Crippen molar-refractivity contribution >= 4 is 34.6 Å². The zero-order valence-electron chi connectivity index (χ0n) is 17.8. The van der Waals surface area contributed by atoms with Crippen LogP contribution in [0.3, 0.4) is 0 Å². The van der Waals surface area contributed by atoms with Crippen molar-refractivity contribution in [1.82, 2.24) is 9.80 Å². The molecule has 1 aliphatic rings. The molecule has 1 saturated heterocycles. The number of carbonyl (C=O) groups excluding carboxylic acids is 1. The number of rotatable bonds is 6. The first kappa shape index (κ1) is 23.9. The van der Waals surface area contributed by atoms with Crippen LogP contribution in [0, 0.1) is 5.41 Å². The van der Waals surface area contributed by atoms with E-state index in [1.807, 2.05) is 14.1 Å². The van der Waals surface area contributed by atoms with E-state index in [1.54, 1.807) is 53.4 Å². The van der Waals surface area contributed by atoms with E-state index in [1.165, 1.54) is 0 Å². The molecule has 1 N–H and O–H groups in total. The minimum atomic E-state index is -4.75. The molecule has 1 heterocycles. The first-order valence-corrected chi connectivity index (χ1v) is 10.5. The monoisotopic (exact) mass is 464 g/mol. The molecule has 5 nitrogen and oxygen atoms in total. The molecule has 9 heteroatoms. The highest BCUT2D eigenvalue weighted by Crippen LogP contribution is 2.27. The molecule has 2 aromatic carbocycles. The van der Waals surface area contributed by atoms with Crippen LogP contribution in [0.15, 0.2) is 53.5 Å². The van der Waals surface area contributed by atoms with Crippen LogP contribution < -0.4 is 0 Å². The highest BCUT2D eigenvalue weighted by molar-refractivity contribution is 6.33. The molecule has 3 rings (SSSR count). The van der Waals surface area contributed by atoms with Gasteiger partial charge in [0.05, 0.1) is 16.4 Å². The molecule has 32 heavy (non-hydrogen) atoms. The Kier molecular flexibility index (Phi) is 7.36. The Hall–Kier alpha value is -2.71. The molecular weight excluding hydrogens is 441 g/mol. The van der Waals surface area contributed by atoms with Gasteiger partial charge < -0.3 is 15.2 Å². The van der Waals surface area contributed by atoms with Gasteiger partial charge in [-0.15, -0.1) is 0 Å². The SMILES string of the molecule is CN(C)[C@@H]1CCN(C(=O)c2ccc(C(CC(=N)C(F)(F)F)=Nc3ccccc3Cl)cc2)C1. The van der Waals surface area contributed by atoms with E-state index < -0.39 is 18.3 Å². The average Bonchev–Trinajstić information content (AvgIpc) is 3.24. The minimum Gasteiger partial charge on any atom is -0.337 e. The van der Waals surface area contributed by atoms with Crippen LogP contribution in [0.5, 0.6) is 0 Å². The third-order valence-electron chi connectivity index (χ3n) is 5.44. The summed E-state index contributed by atoms with van der Waals surface area (Å²) in [5.41, 5.74) is -0.200. The van der Waals surface area contributed by atoms with Gasteiger partial charge in [-0.25, -0.2) is 0 Å². The van der Waals surface area contributed by atoms with Gasteiger partial charge in [-0.2, -0.15) is 13.2 Å². The molecule has 0 aromatic heterocycles. The van der Waals surface area contributed by atoms with Crippen LogP contribution in [0.25, 0.3) is 0 Å². The van der Waals surface area contributed by atoms with E-state index >= 15 is 0 Å². The zero-order chi connectivity index (χ0) is 23.5. The van der Waals surface area contributed by atoms with Gasteiger partial charge in [-0.3, -0.25) is 9.79 Å². The lowest BCUT2D eigenvalue weighted by molar-refractivity contribution is -0.0605. The van der Waals surface area contributed by atoms with Crippen LogP contribution in [0.2, 0.25) is 5.02 Å². The van der Waals surface area contributed by atoms with E-state index in [0.29, 0.717) is 41.0 Å². The van der Waals surface area contributed by atoms with E-state index in [9.17, 15) is 18.0 Å². The number of nitrogens with one attached hydrogen (secondary N) is 1. The Balaban J connectivity index is 1.86. The number of aliphatic imine (C=N–C) groups is 1. The first-order valence-electron chi connectivity index (χ1n) is 10.1. The number of likely N-dealkylation sites (N-methyl/N-ethyl adjacent to an activating group) is 1. The summed E-state index contributed by atoms with van der Waals surface area (Å²) in [6.07, 6.45) is -4.57. The summed E-state index contributed by atoms with van der Waals surface area (Å²) >= 11 is 6.12. The van der Waals surface area contributed by atoms with E-state index in [4.69, 9.17) is 17.0 Å². The van der Waals surface area contributed by atoms with Gasteiger partial charge in [0.15, 0.2) is 0 Å². The van der Waals surface area contributed by atoms with Crippen molar-refractivity contribution < 1.29 is 18.0 Å². The summed E-state index contributed by atoms with van der Waals surface area (Å²) in [7, 11) is 3.96. The number of nitrogens with zero attached hydrogens (tertiary/aromatic N) is 3. The molecule has 2 aromatic rings. The second-order valence-corrected chi connectivity index (χ2v) is 8.30. The zero-order valence-corrected chi connectivity index (χ0v) is 18.5. The fraction of sp³-hybridized carbons (Fsp3) is 0.348. The number of alkyl halides is 3. The lowest BCUT2D eigenvalue weighted by Crippen LogP contribution is -2.34. The summed E-state index contributed by atoms with van der Waals surface area (Å²) < 4.78 is 39.0. The fourth-order valence-electron chi connectivity index (χ4n) is 3.50. The number of hydrogen-bond donors (Lipinski definition) is 1. The van der Waals surface area contributed by atoms with Gasteiger partial charge in [0.2, 0.25) is 0 Å². The maximum atomic E-state index is 13.0. The fourth-order valence-corrected chi connectivity index (χ4v) is 3.68. The molecular formula is C23H24ClF3N4O. The van der Waals surface area contributed by atoms with Crippen molar-refractivity contribution in [3.8, 4) is 0 Å². The normalized spacial score (nSPS) is 17.2. The average molecular weight is 465 g/mol. The third-order valence-corrected chi connectivity index (χ3v) is 5.76. The summed E-state index contributed by atoms with van der Waals surface area (Å²) in [5, 5.41) is 7.70. The van der Waals surface area contributed by atoms with Gasteiger partial charge in [0.25, 0.3) is 5.91 Å². The lowest BCUT2D eigenvalue weighted by atomic mass is 10.0. The summed E-state index contributed by atoms with van der Waals surface area (Å²) in [5.74, 6) is -0.117. The second-order valence-electron chi connectivity index (χ2n) is 7.90. The topological polar surface area (TPSA) is 59.8 Å². The van der Waals surface area contributed by atoms with E-state index in [2.05, 4.69) is 9.89 Å². The molecule has 0 unspecified atom stereocenters. The summed E-state index contributed by atoms with van der Waals surface area (Å²) in [6, 6.07) is 13.1. The van der Waals surface area contributed by atoms with Crippen LogP contribution >= 0.6 is 11.6 Å². The number of halogens is 4. The van der Waals surface area contributed by atoms with Crippen LogP contribution in [0.4, 0.5) is 18.9 Å². The third kappa shape index (κ3) is 5.75. The van der Waals surface area contributed by atoms with Gasteiger partial charge in [0.1, 0.15) is 5.71 Å². The molecule has 1 aliphatic heterocycles. The number of carbonyl (C=O) groups is 1. The van der Waals surface area contributed by atoms with Crippen molar-refractivity contribution in [3.63, 3.8) is 0 Å². The first-order chi connectivity index (χ1) is 15.1. The number of hydrogen-bond acceptors (Lipinski definition) is 4. The standard InChI is InChI=1S/C23H24ClF3N4O/c1-30(2)17-11-12-31(14-17)22(32)16-9-7-15(8-10-16)20(13-21(28)23(25,26)27)29-19-6-4-3-5-18(19)24/h3-10,17,28H,11-14H2,1-2H3/t17-/m1/s1. The number of para-hydroxylation sites is 1. The predicted octanol–water partition coefficient (Wildman–Crippen LogP) is 5.21. The highest BCUT2D eigenvalue weighted by atomic mass is 35.5. The molecule has 1 amide bonds. The Bertz CT molecular complexity index is 1020. The Morgan fingerprint density at radius 2 is 1.78 bits per heavy atom. The molecule has 0 aliphatic carbocycles. The van der Waals surface area contributed by atoms with Gasteiger partial charge in [0, 0.05) is 31.1 Å². The van der Waals surface area contributed by atoms with Crippen molar-refractivity contribution in [2.24, 2.45) is 4.99 Å². The van der Waals surface area contributed by atoms with E-state index in [0.717, 1.165) is 6.42 Å². The molecule has 1 atom stereocenters. The van der Waals surface area contributed by atoms with E-state index in [-0.39, 0.29) is 11.6 Å². The van der Waals surface area contributed by atoms with Gasteiger partial charge in [-0.05, 0) is 50.3 Å². The Morgan fingerprint density at radius 1 is 1.16 bits per heavy atom. The van der Waals surface area contributed by atoms with Gasteiger partial charge in [-0.1, -0.05) is 35.9 Å².